The number of carbonyl (C=O) groups excluding carboxylic acids is 1. The summed E-state index contributed by atoms with van der Waals surface area (Å²) in [5.41, 5.74) is 5.29. The first-order chi connectivity index (χ1) is 13.6. The van der Waals surface area contributed by atoms with Crippen LogP contribution in [-0.2, 0) is 9.53 Å². The van der Waals surface area contributed by atoms with E-state index in [1.807, 2.05) is 24.3 Å². The molecule has 28 heavy (non-hydrogen) atoms. The van der Waals surface area contributed by atoms with Crippen molar-refractivity contribution in [1.29, 1.82) is 0 Å². The number of carbonyl (C=O) groups is 1. The van der Waals surface area contributed by atoms with Gasteiger partial charge in [-0.3, -0.25) is 4.79 Å². The molecule has 1 N–H and O–H groups in total. The maximum absolute atomic E-state index is 13.2. The Hall–Kier alpha value is -2.62. The highest BCUT2D eigenvalue weighted by Crippen LogP contribution is 2.46. The standard InChI is InChI=1S/C24H28N2O2/c1-4-5-13-25-23(27)22-18-10-7-6-9-16(18)17-11-8-12-19(21(17)22)24-26-20(14-28-24)15(2)3/h6-12,15,20,22H,4-5,13-14H2,1-3H3,(H,25,27)/t20-,22?/m1/s1. The first-order valence-corrected chi connectivity index (χ1v) is 10.3. The number of fused-ring (bicyclic) bond motifs is 3. The molecular weight excluding hydrogens is 348 g/mol. The van der Waals surface area contributed by atoms with Crippen LogP contribution < -0.4 is 5.32 Å². The third-order valence-corrected chi connectivity index (χ3v) is 5.72. The lowest BCUT2D eigenvalue weighted by Gasteiger charge is -2.17. The second-order valence-electron chi connectivity index (χ2n) is 7.99. The molecule has 0 saturated heterocycles. The molecule has 0 saturated carbocycles. The quantitative estimate of drug-likeness (QED) is 0.754. The van der Waals surface area contributed by atoms with Gasteiger partial charge in [-0.25, -0.2) is 4.99 Å². The first-order valence-electron chi connectivity index (χ1n) is 10.3. The molecular formula is C24H28N2O2. The number of nitrogens with zero attached hydrogens (tertiary/aromatic N) is 1. The van der Waals surface area contributed by atoms with Crippen molar-refractivity contribution in [3.05, 3.63) is 59.2 Å². The van der Waals surface area contributed by atoms with Crippen molar-refractivity contribution in [2.75, 3.05) is 13.2 Å². The highest BCUT2D eigenvalue weighted by Gasteiger charge is 2.37. The summed E-state index contributed by atoms with van der Waals surface area (Å²) >= 11 is 0. The van der Waals surface area contributed by atoms with E-state index in [0.717, 1.165) is 40.7 Å². The Morgan fingerprint density at radius 3 is 2.64 bits per heavy atom. The molecule has 1 aliphatic carbocycles. The van der Waals surface area contributed by atoms with E-state index >= 15 is 0 Å². The molecule has 0 spiro atoms. The zero-order valence-electron chi connectivity index (χ0n) is 16.9. The largest absolute Gasteiger partial charge is 0.475 e. The van der Waals surface area contributed by atoms with Crippen LogP contribution in [0.5, 0.6) is 0 Å². The van der Waals surface area contributed by atoms with Gasteiger partial charge in [-0.15, -0.1) is 0 Å². The van der Waals surface area contributed by atoms with E-state index in [1.165, 1.54) is 0 Å². The normalized spacial score (nSPS) is 19.8. The number of aliphatic imine (C=N–C) groups is 1. The van der Waals surface area contributed by atoms with Gasteiger partial charge < -0.3 is 10.1 Å². The van der Waals surface area contributed by atoms with Gasteiger partial charge in [-0.1, -0.05) is 63.6 Å². The van der Waals surface area contributed by atoms with Gasteiger partial charge >= 0.3 is 0 Å². The van der Waals surface area contributed by atoms with Gasteiger partial charge in [-0.2, -0.15) is 0 Å². The van der Waals surface area contributed by atoms with Crippen molar-refractivity contribution >= 4 is 11.8 Å². The Bertz CT molecular complexity index is 917. The zero-order chi connectivity index (χ0) is 19.7. The molecule has 0 bridgehead atoms. The van der Waals surface area contributed by atoms with Gasteiger partial charge in [0.15, 0.2) is 0 Å². The first kappa shape index (κ1) is 18.7. The van der Waals surface area contributed by atoms with Crippen molar-refractivity contribution in [3.63, 3.8) is 0 Å². The van der Waals surface area contributed by atoms with E-state index in [-0.39, 0.29) is 17.9 Å². The summed E-state index contributed by atoms with van der Waals surface area (Å²) in [5.74, 6) is 0.851. The fourth-order valence-corrected chi connectivity index (χ4v) is 4.09. The smallest absolute Gasteiger partial charge is 0.232 e. The highest BCUT2D eigenvalue weighted by atomic mass is 16.5. The summed E-state index contributed by atoms with van der Waals surface area (Å²) in [6, 6.07) is 14.6. The van der Waals surface area contributed by atoms with E-state index in [4.69, 9.17) is 9.73 Å². The minimum Gasteiger partial charge on any atom is -0.475 e. The van der Waals surface area contributed by atoms with Crippen LogP contribution in [-0.4, -0.2) is 31.0 Å². The second kappa shape index (κ2) is 7.78. The fourth-order valence-electron chi connectivity index (χ4n) is 4.09. The lowest BCUT2D eigenvalue weighted by atomic mass is 9.92. The predicted molar refractivity (Wildman–Crippen MR) is 113 cm³/mol. The molecule has 2 aromatic carbocycles. The number of amides is 1. The van der Waals surface area contributed by atoms with Gasteiger partial charge in [0, 0.05) is 12.1 Å². The molecule has 4 heteroatoms. The molecule has 0 fully saturated rings. The lowest BCUT2D eigenvalue weighted by molar-refractivity contribution is -0.121. The van der Waals surface area contributed by atoms with E-state index in [9.17, 15) is 4.79 Å². The number of ether oxygens (including phenoxy) is 1. The van der Waals surface area contributed by atoms with Crippen LogP contribution in [0.1, 0.15) is 56.2 Å². The molecule has 146 valence electrons. The van der Waals surface area contributed by atoms with Gasteiger partial charge in [0.2, 0.25) is 11.8 Å². The van der Waals surface area contributed by atoms with Gasteiger partial charge in [0.1, 0.15) is 6.61 Å². The van der Waals surface area contributed by atoms with Crippen LogP contribution in [0.15, 0.2) is 47.5 Å². The maximum atomic E-state index is 13.2. The van der Waals surface area contributed by atoms with Crippen molar-refractivity contribution in [1.82, 2.24) is 5.32 Å². The Morgan fingerprint density at radius 2 is 1.89 bits per heavy atom. The predicted octanol–water partition coefficient (Wildman–Crippen LogP) is 4.52. The third kappa shape index (κ3) is 3.21. The molecule has 1 amide bonds. The van der Waals surface area contributed by atoms with Gasteiger partial charge in [-0.05, 0) is 40.7 Å². The summed E-state index contributed by atoms with van der Waals surface area (Å²) < 4.78 is 5.98. The molecule has 2 aromatic rings. The molecule has 0 aromatic heterocycles. The lowest BCUT2D eigenvalue weighted by Crippen LogP contribution is -2.30. The van der Waals surface area contributed by atoms with Gasteiger partial charge in [0.05, 0.1) is 12.0 Å². The van der Waals surface area contributed by atoms with Crippen LogP contribution >= 0.6 is 0 Å². The van der Waals surface area contributed by atoms with E-state index in [2.05, 4.69) is 44.3 Å². The van der Waals surface area contributed by atoms with Crippen LogP contribution in [0, 0.1) is 5.92 Å². The number of hydrogen-bond donors (Lipinski definition) is 1. The van der Waals surface area contributed by atoms with Crippen molar-refractivity contribution in [2.24, 2.45) is 10.9 Å². The molecule has 0 radical (unpaired) electrons. The van der Waals surface area contributed by atoms with E-state index in [0.29, 0.717) is 25.0 Å². The summed E-state index contributed by atoms with van der Waals surface area (Å²) in [4.78, 5) is 18.0. The highest BCUT2D eigenvalue weighted by molar-refractivity contribution is 6.05. The van der Waals surface area contributed by atoms with E-state index < -0.39 is 0 Å². The summed E-state index contributed by atoms with van der Waals surface area (Å²) in [5, 5.41) is 3.13. The Balaban J connectivity index is 1.78. The SMILES string of the molecule is CCCCNC(=O)C1c2ccccc2-c2cccc(C3=N[C@@H](C(C)C)CO3)c21. The minimum atomic E-state index is -0.316. The van der Waals surface area contributed by atoms with Crippen LogP contribution in [0.2, 0.25) is 0 Å². The van der Waals surface area contributed by atoms with E-state index in [1.54, 1.807) is 0 Å². The molecule has 1 unspecified atom stereocenters. The topological polar surface area (TPSA) is 50.7 Å². The molecule has 2 atom stereocenters. The summed E-state index contributed by atoms with van der Waals surface area (Å²) in [6.45, 7) is 7.77. The number of benzene rings is 2. The maximum Gasteiger partial charge on any atom is 0.232 e. The molecule has 4 nitrogen and oxygen atoms in total. The minimum absolute atomic E-state index is 0.0612. The van der Waals surface area contributed by atoms with Crippen molar-refractivity contribution < 1.29 is 9.53 Å². The fraction of sp³-hybridized carbons (Fsp3) is 0.417. The Morgan fingerprint density at radius 1 is 1.14 bits per heavy atom. The average molecular weight is 377 g/mol. The van der Waals surface area contributed by atoms with Crippen LogP contribution in [0.4, 0.5) is 0 Å². The second-order valence-corrected chi connectivity index (χ2v) is 7.99. The monoisotopic (exact) mass is 376 g/mol. The molecule has 4 rings (SSSR count). The van der Waals surface area contributed by atoms with Crippen molar-refractivity contribution in [2.45, 2.75) is 45.6 Å². The third-order valence-electron chi connectivity index (χ3n) is 5.72. The van der Waals surface area contributed by atoms with Crippen LogP contribution in [0.3, 0.4) is 0 Å². The summed E-state index contributed by atoms with van der Waals surface area (Å²) in [7, 11) is 0. The zero-order valence-corrected chi connectivity index (χ0v) is 16.9. The van der Waals surface area contributed by atoms with Gasteiger partial charge in [0.25, 0.3) is 0 Å². The number of unbranched alkanes of at least 4 members (excludes halogenated alkanes) is 1. The van der Waals surface area contributed by atoms with Crippen molar-refractivity contribution in [3.8, 4) is 11.1 Å². The summed E-state index contributed by atoms with van der Waals surface area (Å²) in [6.07, 6.45) is 2.05. The Labute approximate surface area is 167 Å². The molecule has 1 aliphatic heterocycles. The average Bonchev–Trinajstić information content (AvgIpc) is 3.31. The van der Waals surface area contributed by atoms with Crippen LogP contribution in [0.25, 0.3) is 11.1 Å². The molecule has 2 aliphatic rings. The Kier molecular flexibility index (Phi) is 5.21. The number of rotatable bonds is 6. The number of nitrogens with one attached hydrogen (secondary N) is 1. The molecule has 1 heterocycles. The number of hydrogen-bond acceptors (Lipinski definition) is 3.